The highest BCUT2D eigenvalue weighted by atomic mass is 16.5. The Bertz CT molecular complexity index is 780. The van der Waals surface area contributed by atoms with Gasteiger partial charge in [-0.3, -0.25) is 14.4 Å². The molecule has 0 radical (unpaired) electrons. The molecule has 144 valence electrons. The number of carboxylic acid groups (broad SMARTS) is 1. The number of carbonyl (C=O) groups is 4. The summed E-state index contributed by atoms with van der Waals surface area (Å²) in [6.07, 6.45) is -1.58. The number of benzene rings is 1. The summed E-state index contributed by atoms with van der Waals surface area (Å²) in [5.41, 5.74) is 1.15. The third kappa shape index (κ3) is 4.25. The minimum Gasteiger partial charge on any atom is -0.479 e. The molecule has 1 fully saturated rings. The number of anilines is 2. The van der Waals surface area contributed by atoms with E-state index in [1.807, 2.05) is 0 Å². The van der Waals surface area contributed by atoms with Crippen molar-refractivity contribution in [3.63, 3.8) is 0 Å². The second-order valence-corrected chi connectivity index (χ2v) is 6.62. The molecule has 1 aromatic carbocycles. The van der Waals surface area contributed by atoms with E-state index in [0.29, 0.717) is 11.4 Å². The molecular formula is C18H21N3O6. The van der Waals surface area contributed by atoms with E-state index in [0.717, 1.165) is 0 Å². The molecule has 0 aromatic heterocycles. The van der Waals surface area contributed by atoms with Gasteiger partial charge in [-0.2, -0.15) is 0 Å². The van der Waals surface area contributed by atoms with E-state index in [9.17, 15) is 19.2 Å². The fourth-order valence-electron chi connectivity index (χ4n) is 3.25. The van der Waals surface area contributed by atoms with Crippen LogP contribution >= 0.6 is 0 Å². The van der Waals surface area contributed by atoms with Crippen LogP contribution in [-0.2, 0) is 23.9 Å². The van der Waals surface area contributed by atoms with Gasteiger partial charge in [0.1, 0.15) is 6.54 Å². The molecule has 0 aliphatic carbocycles. The molecule has 2 atom stereocenters. The Morgan fingerprint density at radius 1 is 1.19 bits per heavy atom. The lowest BCUT2D eigenvalue weighted by atomic mass is 10.1. The van der Waals surface area contributed by atoms with Crippen LogP contribution in [0.25, 0.3) is 0 Å². The van der Waals surface area contributed by atoms with Gasteiger partial charge in [0.05, 0.1) is 24.0 Å². The topological polar surface area (TPSA) is 116 Å². The second kappa shape index (κ2) is 7.75. The number of fused-ring (bicyclic) bond motifs is 1. The molecule has 0 spiro atoms. The first-order valence-electron chi connectivity index (χ1n) is 8.70. The number of hydrogen-bond donors (Lipinski definition) is 2. The average Bonchev–Trinajstić information content (AvgIpc) is 2.64. The number of nitrogens with zero attached hydrogens (tertiary/aromatic N) is 2. The van der Waals surface area contributed by atoms with Gasteiger partial charge in [-0.15, -0.1) is 0 Å². The third-order valence-corrected chi connectivity index (χ3v) is 4.51. The predicted molar refractivity (Wildman–Crippen MR) is 95.2 cm³/mol. The Morgan fingerprint density at radius 2 is 1.89 bits per heavy atom. The van der Waals surface area contributed by atoms with Gasteiger partial charge in [0.15, 0.2) is 6.10 Å². The number of amides is 3. The molecule has 0 bridgehead atoms. The minimum atomic E-state index is -1.12. The average molecular weight is 375 g/mol. The second-order valence-electron chi connectivity index (χ2n) is 6.62. The first-order chi connectivity index (χ1) is 12.8. The van der Waals surface area contributed by atoms with Crippen LogP contribution < -0.4 is 10.2 Å². The van der Waals surface area contributed by atoms with Crippen LogP contribution in [0.4, 0.5) is 11.4 Å². The van der Waals surface area contributed by atoms with E-state index >= 15 is 0 Å². The lowest BCUT2D eigenvalue weighted by molar-refractivity contribution is -0.166. The van der Waals surface area contributed by atoms with Crippen molar-refractivity contribution in [2.45, 2.75) is 32.0 Å². The zero-order chi connectivity index (χ0) is 19.6. The van der Waals surface area contributed by atoms with Crippen molar-refractivity contribution in [3.8, 4) is 0 Å². The van der Waals surface area contributed by atoms with Crippen molar-refractivity contribution in [3.05, 3.63) is 24.3 Å². The molecule has 27 heavy (non-hydrogen) atoms. The highest BCUT2D eigenvalue weighted by molar-refractivity contribution is 6.10. The molecule has 1 unspecified atom stereocenters. The van der Waals surface area contributed by atoms with Gasteiger partial charge in [0.25, 0.3) is 0 Å². The molecule has 9 nitrogen and oxygen atoms in total. The van der Waals surface area contributed by atoms with Crippen LogP contribution in [0.5, 0.6) is 0 Å². The maximum atomic E-state index is 12.6. The van der Waals surface area contributed by atoms with E-state index in [1.165, 1.54) is 9.80 Å². The van der Waals surface area contributed by atoms with Gasteiger partial charge in [0, 0.05) is 19.4 Å². The lowest BCUT2D eigenvalue weighted by Crippen LogP contribution is -2.52. The number of aliphatic carboxylic acids is 1. The first kappa shape index (κ1) is 18.8. The minimum absolute atomic E-state index is 0.0400. The van der Waals surface area contributed by atoms with Gasteiger partial charge in [-0.1, -0.05) is 12.1 Å². The maximum Gasteiger partial charge on any atom is 0.334 e. The molecule has 3 amide bonds. The molecular weight excluding hydrogens is 354 g/mol. The number of ether oxygens (including phenoxy) is 1. The van der Waals surface area contributed by atoms with Gasteiger partial charge >= 0.3 is 5.97 Å². The summed E-state index contributed by atoms with van der Waals surface area (Å²) >= 11 is 0. The van der Waals surface area contributed by atoms with Crippen molar-refractivity contribution in [1.29, 1.82) is 0 Å². The quantitative estimate of drug-likeness (QED) is 0.789. The maximum absolute atomic E-state index is 12.6. The standard InChI is InChI=1S/C18H21N3O6/c1-11-8-20(9-14(27-11)18(25)26)16(23)6-7-17(24)21-10-15(22)19-12-4-2-3-5-13(12)21/h2-5,11,14H,6-10H2,1H3,(H,19,22)(H,25,26)/t11-,14?/m1/s1. The Kier molecular flexibility index (Phi) is 5.41. The summed E-state index contributed by atoms with van der Waals surface area (Å²) in [5, 5.41) is 11.8. The summed E-state index contributed by atoms with van der Waals surface area (Å²) in [7, 11) is 0. The highest BCUT2D eigenvalue weighted by Crippen LogP contribution is 2.29. The normalized spacial score (nSPS) is 22.0. The zero-order valence-corrected chi connectivity index (χ0v) is 14.9. The van der Waals surface area contributed by atoms with E-state index < -0.39 is 18.2 Å². The van der Waals surface area contributed by atoms with Gasteiger partial charge in [-0.05, 0) is 19.1 Å². The molecule has 1 saturated heterocycles. The molecule has 2 heterocycles. The Hall–Kier alpha value is -2.94. The van der Waals surface area contributed by atoms with Gasteiger partial charge in [-0.25, -0.2) is 4.79 Å². The van der Waals surface area contributed by atoms with E-state index in [4.69, 9.17) is 9.84 Å². The highest BCUT2D eigenvalue weighted by Gasteiger charge is 2.33. The largest absolute Gasteiger partial charge is 0.479 e. The number of hydrogen-bond acceptors (Lipinski definition) is 5. The van der Waals surface area contributed by atoms with Crippen LogP contribution in [0, 0.1) is 0 Å². The van der Waals surface area contributed by atoms with Gasteiger partial charge in [0.2, 0.25) is 17.7 Å². The molecule has 1 aromatic rings. The van der Waals surface area contributed by atoms with Crippen LogP contribution in [0.1, 0.15) is 19.8 Å². The molecule has 0 saturated carbocycles. The van der Waals surface area contributed by atoms with E-state index in [-0.39, 0.29) is 50.2 Å². The van der Waals surface area contributed by atoms with Gasteiger partial charge < -0.3 is 25.0 Å². The Labute approximate surface area is 155 Å². The van der Waals surface area contributed by atoms with Crippen molar-refractivity contribution in [1.82, 2.24) is 4.90 Å². The number of nitrogens with one attached hydrogen (secondary N) is 1. The predicted octanol–water partition coefficient (Wildman–Crippen LogP) is 0.452. The molecule has 2 aliphatic rings. The number of morpholine rings is 1. The van der Waals surface area contributed by atoms with Crippen molar-refractivity contribution in [2.75, 3.05) is 29.9 Å². The number of carboxylic acids is 1. The number of para-hydroxylation sites is 2. The van der Waals surface area contributed by atoms with E-state index in [1.54, 1.807) is 31.2 Å². The monoisotopic (exact) mass is 375 g/mol. The first-order valence-corrected chi connectivity index (χ1v) is 8.70. The SMILES string of the molecule is C[C@@H]1CN(C(=O)CCC(=O)N2CC(=O)Nc3ccccc32)CC(C(=O)O)O1. The molecule has 2 N–H and O–H groups in total. The summed E-state index contributed by atoms with van der Waals surface area (Å²) in [6.45, 7) is 1.84. The van der Waals surface area contributed by atoms with Crippen LogP contribution in [0.15, 0.2) is 24.3 Å². The van der Waals surface area contributed by atoms with Crippen LogP contribution in [0.3, 0.4) is 0 Å². The fourth-order valence-corrected chi connectivity index (χ4v) is 3.25. The van der Waals surface area contributed by atoms with E-state index in [2.05, 4.69) is 5.32 Å². The number of rotatable bonds is 4. The third-order valence-electron chi connectivity index (χ3n) is 4.51. The lowest BCUT2D eigenvalue weighted by Gasteiger charge is -2.35. The number of carbonyl (C=O) groups excluding carboxylic acids is 3. The van der Waals surface area contributed by atoms with Crippen LogP contribution in [0.2, 0.25) is 0 Å². The Morgan fingerprint density at radius 3 is 2.63 bits per heavy atom. The van der Waals surface area contributed by atoms with Crippen molar-refractivity contribution in [2.24, 2.45) is 0 Å². The summed E-state index contributed by atoms with van der Waals surface area (Å²) < 4.78 is 5.29. The summed E-state index contributed by atoms with van der Waals surface area (Å²) in [6, 6.07) is 6.96. The van der Waals surface area contributed by atoms with Crippen molar-refractivity contribution < 1.29 is 29.0 Å². The summed E-state index contributed by atoms with van der Waals surface area (Å²) in [5.74, 6) is -2.05. The summed E-state index contributed by atoms with van der Waals surface area (Å²) in [4.78, 5) is 50.7. The Balaban J connectivity index is 1.61. The fraction of sp³-hybridized carbons (Fsp3) is 0.444. The van der Waals surface area contributed by atoms with Crippen LogP contribution in [-0.4, -0.2) is 65.5 Å². The smallest absolute Gasteiger partial charge is 0.334 e. The molecule has 9 heteroatoms. The molecule has 3 rings (SSSR count). The zero-order valence-electron chi connectivity index (χ0n) is 14.9. The molecule has 2 aliphatic heterocycles. The van der Waals surface area contributed by atoms with Crippen molar-refractivity contribution >= 4 is 35.1 Å².